The molecule has 0 aliphatic heterocycles. The third kappa shape index (κ3) is 10.2. The predicted octanol–water partition coefficient (Wildman–Crippen LogP) is 2.73. The van der Waals surface area contributed by atoms with Crippen LogP contribution < -0.4 is 31.9 Å². The van der Waals surface area contributed by atoms with E-state index < -0.39 is 0 Å². The number of hydrogen-bond acceptors (Lipinski definition) is 13. The van der Waals surface area contributed by atoms with Crippen LogP contribution in [0.1, 0.15) is 31.9 Å². The number of nitrogens with one attached hydrogen (secondary N) is 6. The molecule has 0 aliphatic carbocycles. The maximum Gasteiger partial charge on any atom is 0.227 e. The Kier molecular flexibility index (Phi) is 13.7. The highest BCUT2D eigenvalue weighted by Crippen LogP contribution is 2.13. The number of hydrogen-bond donors (Lipinski definition) is 6. The summed E-state index contributed by atoms with van der Waals surface area (Å²) >= 11 is 0. The molecule has 3 aromatic heterocycles. The van der Waals surface area contributed by atoms with E-state index in [2.05, 4.69) is 73.7 Å². The standard InChI is InChI=1S/2C8H14N4.C6H11N5/c1-4-6-5-11-8(10-3)12-7(6)9-2;1-4-10-7-6(2)5-11-8(9-3)12-7;1-3-8-6-10-4-9-5(7-2)11-6/h2*5H,4H2,1-3H3,(H2,9,10,11,12);4H,3H2,1-2H3,(H2,7,8,9,10,11). The van der Waals surface area contributed by atoms with Gasteiger partial charge in [-0.3, -0.25) is 0 Å². The van der Waals surface area contributed by atoms with E-state index in [1.165, 1.54) is 6.33 Å². The number of aryl methyl sites for hydroxylation is 2. The topological polar surface area (TPSA) is 162 Å². The minimum Gasteiger partial charge on any atom is -0.373 e. The Bertz CT molecular complexity index is 997. The summed E-state index contributed by atoms with van der Waals surface area (Å²) in [5, 5.41) is 17.8. The average Bonchev–Trinajstić information content (AvgIpc) is 2.90. The highest BCUT2D eigenvalue weighted by atomic mass is 15.2. The Balaban J connectivity index is 0.000000263. The van der Waals surface area contributed by atoms with Crippen molar-refractivity contribution in [3.05, 3.63) is 29.8 Å². The molecular weight excluding hydrogens is 446 g/mol. The lowest BCUT2D eigenvalue weighted by Gasteiger charge is -2.06. The van der Waals surface area contributed by atoms with Crippen LogP contribution in [0.2, 0.25) is 0 Å². The van der Waals surface area contributed by atoms with Gasteiger partial charge in [-0.1, -0.05) is 6.92 Å². The lowest BCUT2D eigenvalue weighted by Crippen LogP contribution is -2.05. The molecule has 0 spiro atoms. The van der Waals surface area contributed by atoms with E-state index in [0.29, 0.717) is 23.8 Å². The van der Waals surface area contributed by atoms with E-state index in [1.54, 1.807) is 27.3 Å². The van der Waals surface area contributed by atoms with Crippen molar-refractivity contribution < 1.29 is 0 Å². The molecule has 0 atom stereocenters. The number of aromatic nitrogens is 7. The molecular formula is C22H39N13. The minimum absolute atomic E-state index is 0.580. The summed E-state index contributed by atoms with van der Waals surface area (Å²) < 4.78 is 0. The van der Waals surface area contributed by atoms with Crippen LogP contribution in [-0.4, -0.2) is 76.2 Å². The zero-order valence-electron chi connectivity index (χ0n) is 22.0. The maximum absolute atomic E-state index is 4.25. The quantitative estimate of drug-likeness (QED) is 0.262. The van der Waals surface area contributed by atoms with Gasteiger partial charge >= 0.3 is 0 Å². The van der Waals surface area contributed by atoms with Gasteiger partial charge in [-0.05, 0) is 27.2 Å². The molecule has 35 heavy (non-hydrogen) atoms. The summed E-state index contributed by atoms with van der Waals surface area (Å²) in [7, 11) is 7.24. The van der Waals surface area contributed by atoms with Gasteiger partial charge in [0.15, 0.2) is 0 Å². The first-order chi connectivity index (χ1) is 17.0. The highest BCUT2D eigenvalue weighted by molar-refractivity contribution is 5.47. The van der Waals surface area contributed by atoms with Crippen LogP contribution in [0.4, 0.5) is 35.4 Å². The zero-order chi connectivity index (χ0) is 26.1. The third-order valence-corrected chi connectivity index (χ3v) is 4.38. The van der Waals surface area contributed by atoms with Crippen molar-refractivity contribution in [2.45, 2.75) is 34.1 Å². The van der Waals surface area contributed by atoms with Crippen molar-refractivity contribution in [3.8, 4) is 0 Å². The average molecular weight is 486 g/mol. The van der Waals surface area contributed by atoms with Gasteiger partial charge in [0, 0.05) is 64.8 Å². The van der Waals surface area contributed by atoms with Crippen LogP contribution >= 0.6 is 0 Å². The molecule has 3 aromatic rings. The molecule has 0 bridgehead atoms. The summed E-state index contributed by atoms with van der Waals surface area (Å²) in [6.45, 7) is 9.79. The largest absolute Gasteiger partial charge is 0.373 e. The Morgan fingerprint density at radius 1 is 0.600 bits per heavy atom. The highest BCUT2D eigenvalue weighted by Gasteiger charge is 2.02. The van der Waals surface area contributed by atoms with Crippen molar-refractivity contribution in [2.75, 3.05) is 73.2 Å². The Morgan fingerprint density at radius 3 is 1.69 bits per heavy atom. The minimum atomic E-state index is 0.580. The van der Waals surface area contributed by atoms with Gasteiger partial charge in [-0.2, -0.15) is 15.0 Å². The number of anilines is 6. The maximum atomic E-state index is 4.25. The van der Waals surface area contributed by atoms with Gasteiger partial charge in [-0.15, -0.1) is 0 Å². The first-order valence-corrected chi connectivity index (χ1v) is 11.5. The first kappa shape index (κ1) is 29.0. The predicted molar refractivity (Wildman–Crippen MR) is 145 cm³/mol. The lowest BCUT2D eigenvalue weighted by molar-refractivity contribution is 1.02. The van der Waals surface area contributed by atoms with Gasteiger partial charge in [-0.25, -0.2) is 19.9 Å². The molecule has 0 fully saturated rings. The molecule has 3 heterocycles. The monoisotopic (exact) mass is 485 g/mol. The fourth-order valence-electron chi connectivity index (χ4n) is 2.57. The van der Waals surface area contributed by atoms with Crippen LogP contribution in [0.15, 0.2) is 18.7 Å². The molecule has 192 valence electrons. The van der Waals surface area contributed by atoms with Crippen LogP contribution in [0.3, 0.4) is 0 Å². The van der Waals surface area contributed by atoms with E-state index in [0.717, 1.165) is 42.3 Å². The Hall–Kier alpha value is -4.03. The van der Waals surface area contributed by atoms with Crippen LogP contribution in [0.25, 0.3) is 0 Å². The molecule has 0 unspecified atom stereocenters. The molecule has 13 nitrogen and oxygen atoms in total. The molecule has 13 heteroatoms. The van der Waals surface area contributed by atoms with Gasteiger partial charge < -0.3 is 31.9 Å². The van der Waals surface area contributed by atoms with Crippen LogP contribution in [0, 0.1) is 6.92 Å². The third-order valence-electron chi connectivity index (χ3n) is 4.38. The van der Waals surface area contributed by atoms with Crippen LogP contribution in [0.5, 0.6) is 0 Å². The van der Waals surface area contributed by atoms with Crippen molar-refractivity contribution >= 4 is 35.4 Å². The molecule has 0 saturated carbocycles. The molecule has 0 radical (unpaired) electrons. The van der Waals surface area contributed by atoms with Crippen LogP contribution in [-0.2, 0) is 6.42 Å². The van der Waals surface area contributed by atoms with Gasteiger partial charge in [0.25, 0.3) is 0 Å². The normalized spacial score (nSPS) is 9.49. The molecule has 3 rings (SSSR count). The van der Waals surface area contributed by atoms with E-state index in [1.807, 2.05) is 34.0 Å². The fourth-order valence-corrected chi connectivity index (χ4v) is 2.57. The zero-order valence-corrected chi connectivity index (χ0v) is 22.0. The first-order valence-electron chi connectivity index (χ1n) is 11.5. The second kappa shape index (κ2) is 16.6. The van der Waals surface area contributed by atoms with E-state index >= 15 is 0 Å². The SMILES string of the molecule is CCNc1nc(NC)ncc1C.CCNc1ncnc(NC)n1.CCc1cnc(NC)nc1NC. The van der Waals surface area contributed by atoms with E-state index in [-0.39, 0.29) is 0 Å². The van der Waals surface area contributed by atoms with E-state index in [9.17, 15) is 0 Å². The smallest absolute Gasteiger partial charge is 0.227 e. The lowest BCUT2D eigenvalue weighted by atomic mass is 10.2. The molecule has 0 aliphatic rings. The fraction of sp³-hybridized carbons (Fsp3) is 0.500. The molecule has 6 N–H and O–H groups in total. The summed E-state index contributed by atoms with van der Waals surface area (Å²) in [6.07, 6.45) is 6.05. The second-order valence-corrected chi connectivity index (χ2v) is 6.84. The second-order valence-electron chi connectivity index (χ2n) is 6.84. The van der Waals surface area contributed by atoms with Gasteiger partial charge in [0.05, 0.1) is 0 Å². The number of nitrogens with zero attached hydrogens (tertiary/aromatic N) is 7. The van der Waals surface area contributed by atoms with Crippen molar-refractivity contribution in [3.63, 3.8) is 0 Å². The van der Waals surface area contributed by atoms with Crippen molar-refractivity contribution in [1.82, 2.24) is 34.9 Å². The molecule has 0 aromatic carbocycles. The Labute approximate surface area is 207 Å². The molecule has 0 amide bonds. The summed E-state index contributed by atoms with van der Waals surface area (Å²) in [6, 6.07) is 0. The summed E-state index contributed by atoms with van der Waals surface area (Å²) in [5.41, 5.74) is 2.20. The van der Waals surface area contributed by atoms with Crippen molar-refractivity contribution in [1.29, 1.82) is 0 Å². The van der Waals surface area contributed by atoms with Gasteiger partial charge in [0.1, 0.15) is 18.0 Å². The van der Waals surface area contributed by atoms with Gasteiger partial charge in [0.2, 0.25) is 23.8 Å². The van der Waals surface area contributed by atoms with E-state index in [4.69, 9.17) is 0 Å². The number of rotatable bonds is 9. The van der Waals surface area contributed by atoms with Crippen molar-refractivity contribution in [2.24, 2.45) is 0 Å². The summed E-state index contributed by atoms with van der Waals surface area (Å²) in [5.74, 6) is 4.28. The molecule has 0 saturated heterocycles. The Morgan fingerprint density at radius 2 is 1.14 bits per heavy atom. The summed E-state index contributed by atoms with van der Waals surface area (Å²) in [4.78, 5) is 28.5.